The van der Waals surface area contributed by atoms with Gasteiger partial charge in [-0.25, -0.2) is 4.39 Å². The second-order valence-electron chi connectivity index (χ2n) is 4.14. The molecule has 1 aliphatic rings. The highest BCUT2D eigenvalue weighted by Gasteiger charge is 2.16. The monoisotopic (exact) mass is 286 g/mol. The van der Waals surface area contributed by atoms with Gasteiger partial charge in [-0.1, -0.05) is 15.9 Å². The first kappa shape index (κ1) is 11.7. The molecule has 1 aromatic rings. The second-order valence-corrected chi connectivity index (χ2v) is 5.06. The molecule has 2 nitrogen and oxygen atoms in total. The second kappa shape index (κ2) is 5.04. The molecule has 0 amide bonds. The van der Waals surface area contributed by atoms with Crippen LogP contribution in [0.4, 0.5) is 15.8 Å². The highest BCUT2D eigenvalue weighted by molar-refractivity contribution is 9.10. The quantitative estimate of drug-likeness (QED) is 0.916. The number of benzene rings is 1. The van der Waals surface area contributed by atoms with Crippen LogP contribution in [0, 0.1) is 0 Å². The maximum absolute atomic E-state index is 12.8. The molecule has 0 aliphatic carbocycles. The van der Waals surface area contributed by atoms with E-state index in [9.17, 15) is 4.39 Å². The lowest BCUT2D eigenvalue weighted by atomic mass is 10.2. The van der Waals surface area contributed by atoms with Crippen LogP contribution in [0.15, 0.2) is 22.7 Å². The molecule has 16 heavy (non-hydrogen) atoms. The van der Waals surface area contributed by atoms with Gasteiger partial charge in [0.1, 0.15) is 0 Å². The largest absolute Gasteiger partial charge is 0.382 e. The molecule has 1 atom stereocenters. The standard InChI is InChI=1S/C12H16BrFN2/c1-9(14)4-6-16-7-5-15-11-8-10(13)2-3-12(11)16/h2-3,8-9,15H,4-7H2,1H3. The van der Waals surface area contributed by atoms with E-state index in [1.807, 2.05) is 6.07 Å². The van der Waals surface area contributed by atoms with Crippen molar-refractivity contribution in [1.29, 1.82) is 0 Å². The van der Waals surface area contributed by atoms with Gasteiger partial charge in [0, 0.05) is 24.1 Å². The lowest BCUT2D eigenvalue weighted by Gasteiger charge is -2.32. The number of hydrogen-bond acceptors (Lipinski definition) is 2. The Balaban J connectivity index is 2.13. The Morgan fingerprint density at radius 1 is 1.56 bits per heavy atom. The minimum absolute atomic E-state index is 0.593. The minimum atomic E-state index is -0.728. The highest BCUT2D eigenvalue weighted by Crippen LogP contribution is 2.31. The van der Waals surface area contributed by atoms with Gasteiger partial charge in [0.25, 0.3) is 0 Å². The number of fused-ring (bicyclic) bond motifs is 1. The summed E-state index contributed by atoms with van der Waals surface area (Å²) in [7, 11) is 0. The summed E-state index contributed by atoms with van der Waals surface area (Å²) in [6.07, 6.45) is -0.135. The Hall–Kier alpha value is -0.770. The van der Waals surface area contributed by atoms with Gasteiger partial charge in [-0.2, -0.15) is 0 Å². The van der Waals surface area contributed by atoms with E-state index >= 15 is 0 Å². The fourth-order valence-electron chi connectivity index (χ4n) is 1.94. The van der Waals surface area contributed by atoms with Gasteiger partial charge in [-0.15, -0.1) is 0 Å². The van der Waals surface area contributed by atoms with Crippen LogP contribution in [0.25, 0.3) is 0 Å². The highest BCUT2D eigenvalue weighted by atomic mass is 79.9. The van der Waals surface area contributed by atoms with Gasteiger partial charge < -0.3 is 10.2 Å². The molecule has 1 heterocycles. The molecule has 0 fully saturated rings. The molecule has 0 saturated carbocycles. The van der Waals surface area contributed by atoms with Gasteiger partial charge in [-0.05, 0) is 31.5 Å². The molecule has 88 valence electrons. The van der Waals surface area contributed by atoms with Crippen LogP contribution < -0.4 is 10.2 Å². The number of alkyl halides is 1. The molecule has 1 N–H and O–H groups in total. The molecule has 0 aromatic heterocycles. The number of rotatable bonds is 3. The van der Waals surface area contributed by atoms with Crippen molar-refractivity contribution in [2.24, 2.45) is 0 Å². The number of nitrogens with zero attached hydrogens (tertiary/aromatic N) is 1. The average molecular weight is 287 g/mol. The molecule has 1 unspecified atom stereocenters. The Morgan fingerprint density at radius 2 is 2.38 bits per heavy atom. The third kappa shape index (κ3) is 2.67. The van der Waals surface area contributed by atoms with Gasteiger partial charge in [0.15, 0.2) is 0 Å². The van der Waals surface area contributed by atoms with Crippen molar-refractivity contribution < 1.29 is 4.39 Å². The van der Waals surface area contributed by atoms with E-state index in [1.54, 1.807) is 6.92 Å². The number of anilines is 2. The Morgan fingerprint density at radius 3 is 3.12 bits per heavy atom. The average Bonchev–Trinajstić information content (AvgIpc) is 2.25. The van der Waals surface area contributed by atoms with Crippen LogP contribution >= 0.6 is 15.9 Å². The van der Waals surface area contributed by atoms with Crippen LogP contribution in [-0.2, 0) is 0 Å². The van der Waals surface area contributed by atoms with E-state index < -0.39 is 6.17 Å². The lowest BCUT2D eigenvalue weighted by molar-refractivity contribution is 0.342. The van der Waals surface area contributed by atoms with Crippen molar-refractivity contribution in [3.05, 3.63) is 22.7 Å². The van der Waals surface area contributed by atoms with Crippen molar-refractivity contribution in [1.82, 2.24) is 0 Å². The molecule has 1 aromatic carbocycles. The first-order chi connectivity index (χ1) is 7.66. The zero-order valence-corrected chi connectivity index (χ0v) is 10.9. The summed E-state index contributed by atoms with van der Waals surface area (Å²) in [6.45, 7) is 4.27. The van der Waals surface area contributed by atoms with Gasteiger partial charge in [0.05, 0.1) is 17.5 Å². The molecular weight excluding hydrogens is 271 g/mol. The van der Waals surface area contributed by atoms with Crippen LogP contribution in [0.1, 0.15) is 13.3 Å². The first-order valence-electron chi connectivity index (χ1n) is 5.59. The van der Waals surface area contributed by atoms with Crippen LogP contribution in [0.5, 0.6) is 0 Å². The lowest BCUT2D eigenvalue weighted by Crippen LogP contribution is -2.35. The summed E-state index contributed by atoms with van der Waals surface area (Å²) in [6, 6.07) is 6.17. The summed E-state index contributed by atoms with van der Waals surface area (Å²) < 4.78 is 13.9. The maximum Gasteiger partial charge on any atom is 0.0990 e. The van der Waals surface area contributed by atoms with Crippen LogP contribution in [-0.4, -0.2) is 25.8 Å². The van der Waals surface area contributed by atoms with Crippen molar-refractivity contribution in [3.8, 4) is 0 Å². The minimum Gasteiger partial charge on any atom is -0.382 e. The predicted octanol–water partition coefficient (Wildman–Crippen LogP) is 3.43. The van der Waals surface area contributed by atoms with E-state index in [4.69, 9.17) is 0 Å². The van der Waals surface area contributed by atoms with Crippen molar-refractivity contribution in [2.45, 2.75) is 19.5 Å². The zero-order valence-electron chi connectivity index (χ0n) is 9.34. The van der Waals surface area contributed by atoms with Crippen molar-refractivity contribution in [2.75, 3.05) is 29.9 Å². The van der Waals surface area contributed by atoms with Crippen molar-refractivity contribution >= 4 is 27.3 Å². The van der Waals surface area contributed by atoms with Gasteiger partial charge in [0.2, 0.25) is 0 Å². The summed E-state index contributed by atoms with van der Waals surface area (Å²) >= 11 is 3.45. The van der Waals surface area contributed by atoms with E-state index in [2.05, 4.69) is 38.3 Å². The maximum atomic E-state index is 12.8. The summed E-state index contributed by atoms with van der Waals surface area (Å²) in [5.74, 6) is 0. The van der Waals surface area contributed by atoms with Crippen LogP contribution in [0.2, 0.25) is 0 Å². The Kier molecular flexibility index (Phi) is 3.69. The number of halogens is 2. The number of nitrogens with one attached hydrogen (secondary N) is 1. The Labute approximate surface area is 104 Å². The molecule has 1 aliphatic heterocycles. The summed E-state index contributed by atoms with van der Waals surface area (Å²) in [4.78, 5) is 2.24. The first-order valence-corrected chi connectivity index (χ1v) is 6.38. The van der Waals surface area contributed by atoms with E-state index in [0.29, 0.717) is 6.42 Å². The van der Waals surface area contributed by atoms with Crippen LogP contribution in [0.3, 0.4) is 0 Å². The third-order valence-electron chi connectivity index (χ3n) is 2.79. The number of hydrogen-bond donors (Lipinski definition) is 1. The fourth-order valence-corrected chi connectivity index (χ4v) is 2.30. The zero-order chi connectivity index (χ0) is 11.5. The van der Waals surface area contributed by atoms with Gasteiger partial charge in [-0.3, -0.25) is 0 Å². The molecule has 0 radical (unpaired) electrons. The third-order valence-corrected chi connectivity index (χ3v) is 3.29. The predicted molar refractivity (Wildman–Crippen MR) is 70.0 cm³/mol. The van der Waals surface area contributed by atoms with Gasteiger partial charge >= 0.3 is 0 Å². The smallest absolute Gasteiger partial charge is 0.0990 e. The van der Waals surface area contributed by atoms with E-state index in [-0.39, 0.29) is 0 Å². The normalized spacial score (nSPS) is 16.6. The SMILES string of the molecule is CC(F)CCN1CCNc2cc(Br)ccc21. The molecule has 0 saturated heterocycles. The molecule has 2 rings (SSSR count). The summed E-state index contributed by atoms with van der Waals surface area (Å²) in [5.41, 5.74) is 2.31. The molecule has 0 spiro atoms. The van der Waals surface area contributed by atoms with Crippen molar-refractivity contribution in [3.63, 3.8) is 0 Å². The Bertz CT molecular complexity index is 368. The molecular formula is C12H16BrFN2. The molecule has 0 bridgehead atoms. The van der Waals surface area contributed by atoms with E-state index in [0.717, 1.165) is 29.8 Å². The molecule has 4 heteroatoms. The fraction of sp³-hybridized carbons (Fsp3) is 0.500. The topological polar surface area (TPSA) is 15.3 Å². The van der Waals surface area contributed by atoms with E-state index in [1.165, 1.54) is 5.69 Å². The summed E-state index contributed by atoms with van der Waals surface area (Å²) in [5, 5.41) is 3.36.